The van der Waals surface area contributed by atoms with Gasteiger partial charge in [0.1, 0.15) is 0 Å². The van der Waals surface area contributed by atoms with Crippen molar-refractivity contribution in [1.82, 2.24) is 24.5 Å². The third-order valence-corrected chi connectivity index (χ3v) is 4.92. The molecule has 23 heavy (non-hydrogen) atoms. The van der Waals surface area contributed by atoms with Gasteiger partial charge >= 0.3 is 0 Å². The first-order chi connectivity index (χ1) is 11.0. The fourth-order valence-electron chi connectivity index (χ4n) is 3.52. The van der Waals surface area contributed by atoms with Crippen LogP contribution in [0.2, 0.25) is 5.02 Å². The zero-order valence-corrected chi connectivity index (χ0v) is 14.4. The summed E-state index contributed by atoms with van der Waals surface area (Å²) < 4.78 is 4.06. The van der Waals surface area contributed by atoms with Crippen LogP contribution >= 0.6 is 11.6 Å². The van der Waals surface area contributed by atoms with E-state index in [9.17, 15) is 0 Å². The highest BCUT2D eigenvalue weighted by Gasteiger charge is 2.30. The van der Waals surface area contributed by atoms with Gasteiger partial charge in [0.2, 0.25) is 0 Å². The SMILES string of the molecule is Cc1cc(C)n(C2CN(Cc3nn(C)c4cccc(Cl)c34)C2)n1. The molecule has 0 N–H and O–H groups in total. The van der Waals surface area contributed by atoms with Crippen molar-refractivity contribution in [2.75, 3.05) is 13.1 Å². The molecule has 0 aliphatic carbocycles. The molecule has 0 unspecified atom stereocenters. The number of likely N-dealkylation sites (tertiary alicyclic amines) is 1. The number of hydrogen-bond acceptors (Lipinski definition) is 3. The number of halogens is 1. The summed E-state index contributed by atoms with van der Waals surface area (Å²) in [6.45, 7) is 7.00. The van der Waals surface area contributed by atoms with Crippen molar-refractivity contribution in [2.45, 2.75) is 26.4 Å². The number of hydrogen-bond donors (Lipinski definition) is 0. The lowest BCUT2D eigenvalue weighted by atomic mass is 10.1. The van der Waals surface area contributed by atoms with Crippen LogP contribution in [0.3, 0.4) is 0 Å². The molecule has 2 aromatic heterocycles. The third kappa shape index (κ3) is 2.44. The van der Waals surface area contributed by atoms with Gasteiger partial charge in [-0.1, -0.05) is 17.7 Å². The molecule has 0 amide bonds. The molecule has 5 nitrogen and oxygen atoms in total. The Labute approximate surface area is 140 Å². The molecule has 3 heterocycles. The van der Waals surface area contributed by atoms with Crippen LogP contribution in [-0.4, -0.2) is 37.6 Å². The van der Waals surface area contributed by atoms with E-state index in [1.54, 1.807) is 0 Å². The fraction of sp³-hybridized carbons (Fsp3) is 0.412. The van der Waals surface area contributed by atoms with E-state index >= 15 is 0 Å². The zero-order chi connectivity index (χ0) is 16.1. The molecule has 1 saturated heterocycles. The van der Waals surface area contributed by atoms with Gasteiger partial charge in [0.25, 0.3) is 0 Å². The van der Waals surface area contributed by atoms with Crippen LogP contribution in [0.5, 0.6) is 0 Å². The largest absolute Gasteiger partial charge is 0.293 e. The summed E-state index contributed by atoms with van der Waals surface area (Å²) in [6, 6.07) is 8.57. The van der Waals surface area contributed by atoms with Crippen molar-refractivity contribution in [2.24, 2.45) is 7.05 Å². The van der Waals surface area contributed by atoms with Crippen LogP contribution in [0.1, 0.15) is 23.1 Å². The maximum atomic E-state index is 6.38. The standard InChI is InChI=1S/C17H20ClN5/c1-11-7-12(2)23(19-11)13-8-22(9-13)10-15-17-14(18)5-4-6-16(17)21(3)20-15/h4-7,13H,8-10H2,1-3H3. The zero-order valence-electron chi connectivity index (χ0n) is 13.6. The Balaban J connectivity index is 1.52. The Morgan fingerprint density at radius 3 is 2.70 bits per heavy atom. The average molecular weight is 330 g/mol. The predicted octanol–water partition coefficient (Wildman–Crippen LogP) is 3.10. The van der Waals surface area contributed by atoms with E-state index in [2.05, 4.69) is 38.8 Å². The first kappa shape index (κ1) is 14.7. The molecule has 0 spiro atoms. The van der Waals surface area contributed by atoms with Crippen LogP contribution in [0.25, 0.3) is 10.9 Å². The van der Waals surface area contributed by atoms with Gasteiger partial charge < -0.3 is 0 Å². The molecule has 4 rings (SSSR count). The summed E-state index contributed by atoms with van der Waals surface area (Å²) in [4.78, 5) is 2.40. The second-order valence-electron chi connectivity index (χ2n) is 6.42. The number of benzene rings is 1. The minimum atomic E-state index is 0.467. The summed E-state index contributed by atoms with van der Waals surface area (Å²) in [5.41, 5.74) is 4.46. The summed E-state index contributed by atoms with van der Waals surface area (Å²) in [5.74, 6) is 0. The minimum absolute atomic E-state index is 0.467. The van der Waals surface area contributed by atoms with E-state index in [-0.39, 0.29) is 0 Å². The molecule has 0 atom stereocenters. The van der Waals surface area contributed by atoms with E-state index in [0.29, 0.717) is 6.04 Å². The maximum Gasteiger partial charge on any atom is 0.0858 e. The lowest BCUT2D eigenvalue weighted by Crippen LogP contribution is -2.47. The third-order valence-electron chi connectivity index (χ3n) is 4.60. The topological polar surface area (TPSA) is 38.9 Å². The van der Waals surface area contributed by atoms with E-state index in [1.165, 1.54) is 5.69 Å². The Kier molecular flexibility index (Phi) is 3.43. The van der Waals surface area contributed by atoms with Crippen molar-refractivity contribution >= 4 is 22.5 Å². The molecule has 3 aromatic rings. The summed E-state index contributed by atoms with van der Waals surface area (Å²) in [5, 5.41) is 11.1. The molecule has 0 radical (unpaired) electrons. The van der Waals surface area contributed by atoms with Crippen LogP contribution in [0.4, 0.5) is 0 Å². The number of aromatic nitrogens is 4. The minimum Gasteiger partial charge on any atom is -0.293 e. The van der Waals surface area contributed by atoms with E-state index < -0.39 is 0 Å². The predicted molar refractivity (Wildman–Crippen MR) is 91.7 cm³/mol. The van der Waals surface area contributed by atoms with Crippen LogP contribution in [0.15, 0.2) is 24.3 Å². The van der Waals surface area contributed by atoms with Crippen molar-refractivity contribution in [1.29, 1.82) is 0 Å². The summed E-state index contributed by atoms with van der Waals surface area (Å²) in [6.07, 6.45) is 0. The van der Waals surface area contributed by atoms with E-state index in [1.807, 2.05) is 30.8 Å². The second-order valence-corrected chi connectivity index (χ2v) is 6.83. The van der Waals surface area contributed by atoms with Gasteiger partial charge in [-0.2, -0.15) is 10.2 Å². The molecule has 1 aliphatic rings. The number of aryl methyl sites for hydroxylation is 3. The Bertz CT molecular complexity index is 873. The van der Waals surface area contributed by atoms with Crippen molar-refractivity contribution in [3.63, 3.8) is 0 Å². The van der Waals surface area contributed by atoms with Gasteiger partial charge in [-0.15, -0.1) is 0 Å². The molecule has 0 bridgehead atoms. The average Bonchev–Trinajstić information content (AvgIpc) is 2.95. The van der Waals surface area contributed by atoms with Crippen molar-refractivity contribution in [3.05, 3.63) is 46.4 Å². The van der Waals surface area contributed by atoms with E-state index in [0.717, 1.165) is 46.9 Å². The highest BCUT2D eigenvalue weighted by Crippen LogP contribution is 2.30. The molecule has 6 heteroatoms. The van der Waals surface area contributed by atoms with Gasteiger partial charge in [-0.05, 0) is 32.0 Å². The fourth-order valence-corrected chi connectivity index (χ4v) is 3.80. The van der Waals surface area contributed by atoms with Crippen LogP contribution in [-0.2, 0) is 13.6 Å². The number of nitrogens with zero attached hydrogens (tertiary/aromatic N) is 5. The molecule has 1 fully saturated rings. The lowest BCUT2D eigenvalue weighted by Gasteiger charge is -2.39. The Morgan fingerprint density at radius 1 is 1.22 bits per heavy atom. The second kappa shape index (κ2) is 5.35. The molecule has 0 saturated carbocycles. The highest BCUT2D eigenvalue weighted by atomic mass is 35.5. The maximum absolute atomic E-state index is 6.38. The monoisotopic (exact) mass is 329 g/mol. The van der Waals surface area contributed by atoms with Gasteiger partial charge in [0.15, 0.2) is 0 Å². The molecule has 1 aliphatic heterocycles. The summed E-state index contributed by atoms with van der Waals surface area (Å²) in [7, 11) is 1.97. The van der Waals surface area contributed by atoms with Gasteiger partial charge in [-0.3, -0.25) is 14.3 Å². The van der Waals surface area contributed by atoms with E-state index in [4.69, 9.17) is 11.6 Å². The van der Waals surface area contributed by atoms with Gasteiger partial charge in [0.05, 0.1) is 28.0 Å². The Hall–Kier alpha value is -1.85. The normalized spacial score (nSPS) is 16.2. The van der Waals surface area contributed by atoms with Gasteiger partial charge in [-0.25, -0.2) is 0 Å². The quantitative estimate of drug-likeness (QED) is 0.741. The smallest absolute Gasteiger partial charge is 0.0858 e. The Morgan fingerprint density at radius 2 is 2.00 bits per heavy atom. The number of fused-ring (bicyclic) bond motifs is 1. The molecule has 120 valence electrons. The van der Waals surface area contributed by atoms with Crippen LogP contribution in [0, 0.1) is 13.8 Å². The van der Waals surface area contributed by atoms with Crippen molar-refractivity contribution < 1.29 is 0 Å². The number of rotatable bonds is 3. The van der Waals surface area contributed by atoms with Crippen LogP contribution < -0.4 is 0 Å². The molecule has 1 aromatic carbocycles. The molecular formula is C17H20ClN5. The first-order valence-electron chi connectivity index (χ1n) is 7.88. The summed E-state index contributed by atoms with van der Waals surface area (Å²) >= 11 is 6.38. The molecular weight excluding hydrogens is 310 g/mol. The highest BCUT2D eigenvalue weighted by molar-refractivity contribution is 6.35. The lowest BCUT2D eigenvalue weighted by molar-refractivity contribution is 0.0882. The first-order valence-corrected chi connectivity index (χ1v) is 8.26. The van der Waals surface area contributed by atoms with Gasteiger partial charge in [0, 0.05) is 37.8 Å². The van der Waals surface area contributed by atoms with Crippen molar-refractivity contribution in [3.8, 4) is 0 Å².